The molecule has 1 aromatic heterocycles. The highest BCUT2D eigenvalue weighted by Crippen LogP contribution is 2.47. The number of rotatable bonds is 3. The summed E-state index contributed by atoms with van der Waals surface area (Å²) in [4.78, 5) is 2.01. The molecule has 2 unspecified atom stereocenters. The number of benzene rings is 1. The molecule has 2 N–H and O–H groups in total. The molecule has 0 aliphatic carbocycles. The molecule has 0 saturated carbocycles. The molecule has 7 heteroatoms. The Labute approximate surface area is 170 Å². The summed E-state index contributed by atoms with van der Waals surface area (Å²) in [6.07, 6.45) is 2.53. The van der Waals surface area contributed by atoms with E-state index >= 15 is 0 Å². The largest absolute Gasteiger partial charge is 0.507 e. The molecule has 0 spiro atoms. The van der Waals surface area contributed by atoms with Crippen LogP contribution < -0.4 is 5.32 Å². The number of nitrogens with zero attached hydrogens (tertiary/aromatic N) is 3. The average molecular weight is 398 g/mol. The Hall–Kier alpha value is -2.25. The number of nitrogens with one attached hydrogen (secondary N) is 1. The zero-order chi connectivity index (χ0) is 20.1. The van der Waals surface area contributed by atoms with Gasteiger partial charge in [0, 0.05) is 48.7 Å². The third-order valence-electron chi connectivity index (χ3n) is 6.31. The van der Waals surface area contributed by atoms with Crippen LogP contribution >= 0.6 is 0 Å². The van der Waals surface area contributed by atoms with Gasteiger partial charge in [0.1, 0.15) is 17.6 Å². The number of phenolic OH excluding ortho intramolecular Hbond substituents is 1. The average Bonchev–Trinajstić information content (AvgIpc) is 3.03. The first-order valence-corrected chi connectivity index (χ1v) is 10.4. The van der Waals surface area contributed by atoms with Gasteiger partial charge in [0.05, 0.1) is 12.2 Å². The third kappa shape index (κ3) is 3.46. The second-order valence-electron chi connectivity index (χ2n) is 8.73. The molecular formula is C22H27FN4O2. The van der Waals surface area contributed by atoms with E-state index in [0.717, 1.165) is 48.3 Å². The fraction of sp³-hybridized carbons (Fsp3) is 0.545. The number of hydrogen-bond acceptors (Lipinski definition) is 6. The molecule has 154 valence electrons. The van der Waals surface area contributed by atoms with Gasteiger partial charge in [-0.3, -0.25) is 0 Å². The summed E-state index contributed by atoms with van der Waals surface area (Å²) in [5.41, 5.74) is 4.50. The van der Waals surface area contributed by atoms with Crippen LogP contribution in [0, 0.1) is 6.92 Å². The van der Waals surface area contributed by atoms with E-state index in [4.69, 9.17) is 4.74 Å². The van der Waals surface area contributed by atoms with Crippen molar-refractivity contribution in [1.82, 2.24) is 15.1 Å². The topological polar surface area (TPSA) is 70.5 Å². The molecule has 2 saturated heterocycles. The summed E-state index contributed by atoms with van der Waals surface area (Å²) >= 11 is 0. The second-order valence-corrected chi connectivity index (χ2v) is 8.73. The van der Waals surface area contributed by atoms with E-state index in [1.54, 1.807) is 6.07 Å². The molecule has 3 aliphatic heterocycles. The van der Waals surface area contributed by atoms with Crippen molar-refractivity contribution in [3.8, 4) is 17.0 Å². The van der Waals surface area contributed by atoms with Crippen LogP contribution in [-0.4, -0.2) is 58.7 Å². The fourth-order valence-electron chi connectivity index (χ4n) is 5.04. The third-order valence-corrected chi connectivity index (χ3v) is 6.31. The van der Waals surface area contributed by atoms with Crippen LogP contribution in [-0.2, 0) is 11.2 Å². The number of aryl methyl sites for hydroxylation is 1. The summed E-state index contributed by atoms with van der Waals surface area (Å²) in [7, 11) is 1.94. The van der Waals surface area contributed by atoms with Gasteiger partial charge in [-0.05, 0) is 44.5 Å². The number of phenols is 1. The van der Waals surface area contributed by atoms with E-state index in [-0.39, 0.29) is 24.0 Å². The first-order chi connectivity index (χ1) is 14.0. The van der Waals surface area contributed by atoms with E-state index in [1.165, 1.54) is 0 Å². The maximum atomic E-state index is 14.1. The minimum atomic E-state index is -0.835. The van der Waals surface area contributed by atoms with E-state index in [0.29, 0.717) is 24.2 Å². The fourth-order valence-corrected chi connectivity index (χ4v) is 5.04. The summed E-state index contributed by atoms with van der Waals surface area (Å²) in [5, 5.41) is 23.0. The van der Waals surface area contributed by atoms with Gasteiger partial charge in [0.2, 0.25) is 0 Å². The van der Waals surface area contributed by atoms with Crippen LogP contribution in [0.1, 0.15) is 42.1 Å². The van der Waals surface area contributed by atoms with Crippen molar-refractivity contribution < 1.29 is 14.2 Å². The maximum absolute atomic E-state index is 14.1. The van der Waals surface area contributed by atoms with Gasteiger partial charge in [-0.2, -0.15) is 0 Å². The lowest BCUT2D eigenvalue weighted by Gasteiger charge is -2.34. The summed E-state index contributed by atoms with van der Waals surface area (Å²) in [5.74, 6) is 0.944. The molecule has 2 fully saturated rings. The molecule has 4 atom stereocenters. The smallest absolute Gasteiger partial charge is 0.152 e. The second kappa shape index (κ2) is 7.22. The van der Waals surface area contributed by atoms with Gasteiger partial charge in [0.15, 0.2) is 5.82 Å². The van der Waals surface area contributed by atoms with Crippen molar-refractivity contribution in [2.45, 2.75) is 57.0 Å². The van der Waals surface area contributed by atoms with Crippen LogP contribution in [0.25, 0.3) is 11.3 Å². The number of aromatic nitrogens is 2. The van der Waals surface area contributed by atoms with Gasteiger partial charge < -0.3 is 20.1 Å². The van der Waals surface area contributed by atoms with Gasteiger partial charge in [0.25, 0.3) is 0 Å². The molecule has 2 bridgehead atoms. The van der Waals surface area contributed by atoms with Gasteiger partial charge in [-0.15, -0.1) is 10.2 Å². The Morgan fingerprint density at radius 3 is 2.90 bits per heavy atom. The maximum Gasteiger partial charge on any atom is 0.152 e. The standard InChI is InChI=1S/C22H27FN4O2/c1-12-3-5-16(18(28)7-12)21-20-17(9-15-4-6-19(20)29-15)22(26-25-21)24-14-8-13(23)10-27(2)11-14/h3,5,7,13-15,19,28H,4,6,8-11H2,1-2H3,(H,24,26)/t13-,14-,15?,19?/m1/s1. The van der Waals surface area contributed by atoms with Gasteiger partial charge >= 0.3 is 0 Å². The van der Waals surface area contributed by atoms with E-state index in [9.17, 15) is 9.50 Å². The van der Waals surface area contributed by atoms with Crippen molar-refractivity contribution in [1.29, 1.82) is 0 Å². The Morgan fingerprint density at radius 1 is 1.24 bits per heavy atom. The molecule has 3 aliphatic rings. The van der Waals surface area contributed by atoms with E-state index in [1.807, 2.05) is 31.0 Å². The van der Waals surface area contributed by atoms with Crippen LogP contribution in [0.4, 0.5) is 10.2 Å². The Balaban J connectivity index is 1.56. The molecule has 0 amide bonds. The number of likely N-dealkylation sites (tertiary alicyclic amines) is 1. The first-order valence-electron chi connectivity index (χ1n) is 10.4. The number of likely N-dealkylation sites (N-methyl/N-ethyl adjacent to an activating group) is 1. The zero-order valence-corrected chi connectivity index (χ0v) is 16.9. The number of halogens is 1. The number of alkyl halides is 1. The normalized spacial score (nSPS) is 28.9. The number of piperidine rings is 1. The predicted octanol–water partition coefficient (Wildman–Crippen LogP) is 3.39. The molecule has 29 heavy (non-hydrogen) atoms. The molecule has 1 aromatic carbocycles. The van der Waals surface area contributed by atoms with Crippen LogP contribution in [0.3, 0.4) is 0 Å². The quantitative estimate of drug-likeness (QED) is 0.826. The monoisotopic (exact) mass is 398 g/mol. The van der Waals surface area contributed by atoms with Gasteiger partial charge in [-0.1, -0.05) is 6.07 Å². The van der Waals surface area contributed by atoms with Crippen molar-refractivity contribution in [2.24, 2.45) is 0 Å². The highest BCUT2D eigenvalue weighted by molar-refractivity contribution is 5.73. The Kier molecular flexibility index (Phi) is 4.67. The lowest BCUT2D eigenvalue weighted by Crippen LogP contribution is -2.45. The van der Waals surface area contributed by atoms with Crippen LogP contribution in [0.2, 0.25) is 0 Å². The minimum absolute atomic E-state index is 0.00118. The number of fused-ring (bicyclic) bond motifs is 4. The van der Waals surface area contributed by atoms with Crippen LogP contribution in [0.5, 0.6) is 5.75 Å². The van der Waals surface area contributed by atoms with Crippen LogP contribution in [0.15, 0.2) is 18.2 Å². The minimum Gasteiger partial charge on any atom is -0.507 e. The first kappa shape index (κ1) is 18.8. The zero-order valence-electron chi connectivity index (χ0n) is 16.9. The van der Waals surface area contributed by atoms with Crippen molar-refractivity contribution in [3.63, 3.8) is 0 Å². The molecule has 4 heterocycles. The van der Waals surface area contributed by atoms with Crippen molar-refractivity contribution >= 4 is 5.82 Å². The van der Waals surface area contributed by atoms with Gasteiger partial charge in [-0.25, -0.2) is 4.39 Å². The Bertz CT molecular complexity index is 927. The summed E-state index contributed by atoms with van der Waals surface area (Å²) in [6, 6.07) is 5.61. The van der Waals surface area contributed by atoms with Crippen molar-refractivity contribution in [2.75, 3.05) is 25.5 Å². The molecular weight excluding hydrogens is 371 g/mol. The van der Waals surface area contributed by atoms with E-state index < -0.39 is 6.17 Å². The number of hydrogen-bond donors (Lipinski definition) is 2. The Morgan fingerprint density at radius 2 is 2.10 bits per heavy atom. The number of anilines is 1. The predicted molar refractivity (Wildman–Crippen MR) is 109 cm³/mol. The lowest BCUT2D eigenvalue weighted by molar-refractivity contribution is 0.0325. The van der Waals surface area contributed by atoms with E-state index in [2.05, 4.69) is 15.5 Å². The lowest BCUT2D eigenvalue weighted by atomic mass is 9.93. The highest BCUT2D eigenvalue weighted by atomic mass is 19.1. The van der Waals surface area contributed by atoms with Crippen molar-refractivity contribution in [3.05, 3.63) is 34.9 Å². The molecule has 2 aromatic rings. The molecule has 5 rings (SSSR count). The SMILES string of the molecule is Cc1ccc(-c2nnc(N[C@@H]3C[C@@H](F)CN(C)C3)c3c2C2CCC(C3)O2)c(O)c1. The summed E-state index contributed by atoms with van der Waals surface area (Å²) in [6.45, 7) is 3.20. The number of aromatic hydroxyl groups is 1. The number of ether oxygens (including phenoxy) is 1. The molecule has 6 nitrogen and oxygen atoms in total. The molecule has 0 radical (unpaired) electrons. The highest BCUT2D eigenvalue weighted by Gasteiger charge is 2.39. The summed E-state index contributed by atoms with van der Waals surface area (Å²) < 4.78 is 20.2.